The van der Waals surface area contributed by atoms with E-state index in [2.05, 4.69) is 0 Å². The Morgan fingerprint density at radius 1 is 1.25 bits per heavy atom. The minimum atomic E-state index is -0.772. The molecule has 0 fully saturated rings. The molecule has 2 N–H and O–H groups in total. The van der Waals surface area contributed by atoms with E-state index in [9.17, 15) is 18.4 Å². The first kappa shape index (κ1) is 16.2. The molecule has 20 heavy (non-hydrogen) atoms. The van der Waals surface area contributed by atoms with Crippen molar-refractivity contribution in [2.24, 2.45) is 5.73 Å². The third-order valence-electron chi connectivity index (χ3n) is 2.80. The van der Waals surface area contributed by atoms with Gasteiger partial charge in [0.15, 0.2) is 5.78 Å². The summed E-state index contributed by atoms with van der Waals surface area (Å²) < 4.78 is 26.5. The number of nitrogens with two attached hydrogens (primary N) is 1. The predicted octanol–water partition coefficient (Wildman–Crippen LogP) is 1.73. The van der Waals surface area contributed by atoms with Crippen LogP contribution in [0, 0.1) is 11.6 Å². The Kier molecular flexibility index (Phi) is 6.24. The van der Waals surface area contributed by atoms with Crippen molar-refractivity contribution in [2.75, 3.05) is 19.6 Å². The molecule has 0 heterocycles. The molecule has 1 aromatic rings. The van der Waals surface area contributed by atoms with Crippen LogP contribution in [0.5, 0.6) is 0 Å². The first-order valence-corrected chi connectivity index (χ1v) is 6.43. The molecule has 0 unspecified atom stereocenters. The number of carbonyl (C=O) groups excluding carboxylic acids is 2. The first-order valence-electron chi connectivity index (χ1n) is 6.43. The Hall–Kier alpha value is -1.82. The fourth-order valence-corrected chi connectivity index (χ4v) is 1.82. The van der Waals surface area contributed by atoms with Crippen LogP contribution in [0.3, 0.4) is 0 Å². The highest BCUT2D eigenvalue weighted by Crippen LogP contribution is 2.11. The number of ketones is 1. The van der Waals surface area contributed by atoms with E-state index in [4.69, 9.17) is 5.73 Å². The summed E-state index contributed by atoms with van der Waals surface area (Å²) in [7, 11) is 0. The molecule has 0 atom stereocenters. The van der Waals surface area contributed by atoms with Crippen LogP contribution in [-0.4, -0.2) is 36.2 Å². The number of rotatable bonds is 8. The highest BCUT2D eigenvalue weighted by Gasteiger charge is 2.17. The largest absolute Gasteiger partial charge is 0.369 e. The number of benzene rings is 1. The number of hydrogen-bond donors (Lipinski definition) is 1. The molecule has 110 valence electrons. The fourth-order valence-electron chi connectivity index (χ4n) is 1.82. The minimum Gasteiger partial charge on any atom is -0.369 e. The highest BCUT2D eigenvalue weighted by atomic mass is 19.1. The third kappa shape index (κ3) is 5.05. The molecule has 6 heteroatoms. The second-order valence-electron chi connectivity index (χ2n) is 4.58. The van der Waals surface area contributed by atoms with Crippen molar-refractivity contribution in [3.63, 3.8) is 0 Å². The average molecular weight is 284 g/mol. The van der Waals surface area contributed by atoms with Gasteiger partial charge in [0.25, 0.3) is 0 Å². The van der Waals surface area contributed by atoms with E-state index in [0.29, 0.717) is 6.54 Å². The molecule has 4 nitrogen and oxygen atoms in total. The number of primary amides is 1. The van der Waals surface area contributed by atoms with Gasteiger partial charge < -0.3 is 5.73 Å². The molecule has 1 aromatic carbocycles. The molecule has 0 radical (unpaired) electrons. The van der Waals surface area contributed by atoms with Gasteiger partial charge in [-0.15, -0.1) is 0 Å². The van der Waals surface area contributed by atoms with Crippen molar-refractivity contribution in [3.05, 3.63) is 35.4 Å². The lowest BCUT2D eigenvalue weighted by Gasteiger charge is -2.19. The minimum absolute atomic E-state index is 0.0807. The maximum atomic E-state index is 13.5. The molecule has 1 amide bonds. The predicted molar refractivity (Wildman–Crippen MR) is 71.2 cm³/mol. The van der Waals surface area contributed by atoms with Gasteiger partial charge >= 0.3 is 0 Å². The number of unbranched alkanes of at least 4 members (excludes halogenated alkanes) is 1. The summed E-state index contributed by atoms with van der Waals surface area (Å²) in [6, 6.07) is 2.72. The van der Waals surface area contributed by atoms with Gasteiger partial charge in [-0.2, -0.15) is 0 Å². The zero-order valence-electron chi connectivity index (χ0n) is 11.4. The maximum Gasteiger partial charge on any atom is 0.231 e. The molecular formula is C14H18F2N2O2. The summed E-state index contributed by atoms with van der Waals surface area (Å²) in [6.07, 6.45) is 1.67. The topological polar surface area (TPSA) is 63.4 Å². The highest BCUT2D eigenvalue weighted by molar-refractivity contribution is 5.98. The molecule has 0 aliphatic rings. The molecule has 0 saturated carbocycles. The van der Waals surface area contributed by atoms with Crippen molar-refractivity contribution in [2.45, 2.75) is 19.8 Å². The van der Waals surface area contributed by atoms with Gasteiger partial charge in [-0.3, -0.25) is 14.5 Å². The molecule has 0 aromatic heterocycles. The molecule has 0 aliphatic carbocycles. The summed E-state index contributed by atoms with van der Waals surface area (Å²) in [6.45, 7) is 2.23. The Labute approximate surface area is 116 Å². The van der Waals surface area contributed by atoms with Crippen LogP contribution in [-0.2, 0) is 4.79 Å². The van der Waals surface area contributed by atoms with Gasteiger partial charge in [-0.05, 0) is 31.2 Å². The second-order valence-corrected chi connectivity index (χ2v) is 4.58. The van der Waals surface area contributed by atoms with Crippen LogP contribution in [0.1, 0.15) is 30.1 Å². The summed E-state index contributed by atoms with van der Waals surface area (Å²) >= 11 is 0. The van der Waals surface area contributed by atoms with E-state index in [0.717, 1.165) is 31.0 Å². The monoisotopic (exact) mass is 284 g/mol. The van der Waals surface area contributed by atoms with Gasteiger partial charge in [-0.1, -0.05) is 13.3 Å². The standard InChI is InChI=1S/C14H18F2N2O2/c1-2-3-6-18(9-14(17)20)8-13(19)11-7-10(15)4-5-12(11)16/h4-5,7H,2-3,6,8-9H2,1H3,(H2,17,20). The van der Waals surface area contributed by atoms with Gasteiger partial charge in [0.05, 0.1) is 18.7 Å². The second kappa shape index (κ2) is 7.69. The van der Waals surface area contributed by atoms with E-state index >= 15 is 0 Å². The van der Waals surface area contributed by atoms with E-state index < -0.39 is 23.3 Å². The van der Waals surface area contributed by atoms with Crippen LogP contribution in [0.15, 0.2) is 18.2 Å². The Balaban J connectivity index is 2.78. The van der Waals surface area contributed by atoms with Gasteiger partial charge in [-0.25, -0.2) is 8.78 Å². The van der Waals surface area contributed by atoms with Crippen molar-refractivity contribution in [1.29, 1.82) is 0 Å². The Morgan fingerprint density at radius 3 is 2.55 bits per heavy atom. The molecule has 0 saturated heterocycles. The van der Waals surface area contributed by atoms with Crippen LogP contribution in [0.2, 0.25) is 0 Å². The van der Waals surface area contributed by atoms with Gasteiger partial charge in [0.1, 0.15) is 11.6 Å². The van der Waals surface area contributed by atoms with Crippen LogP contribution < -0.4 is 5.73 Å². The van der Waals surface area contributed by atoms with Crippen LogP contribution >= 0.6 is 0 Å². The van der Waals surface area contributed by atoms with Crippen molar-refractivity contribution in [1.82, 2.24) is 4.90 Å². The van der Waals surface area contributed by atoms with Crippen molar-refractivity contribution in [3.8, 4) is 0 Å². The smallest absolute Gasteiger partial charge is 0.231 e. The molecule has 1 rings (SSSR count). The third-order valence-corrected chi connectivity index (χ3v) is 2.80. The number of halogens is 2. The number of amides is 1. The molecule has 0 spiro atoms. The van der Waals surface area contributed by atoms with E-state index in [-0.39, 0.29) is 18.7 Å². The average Bonchev–Trinajstić information content (AvgIpc) is 2.38. The lowest BCUT2D eigenvalue weighted by atomic mass is 10.1. The normalized spacial score (nSPS) is 10.8. The lowest BCUT2D eigenvalue weighted by molar-refractivity contribution is -0.119. The van der Waals surface area contributed by atoms with Crippen molar-refractivity contribution < 1.29 is 18.4 Å². The number of hydrogen-bond acceptors (Lipinski definition) is 3. The summed E-state index contributed by atoms with van der Waals surface area (Å²) in [5, 5.41) is 0. The molecule has 0 aliphatic heterocycles. The van der Waals surface area contributed by atoms with E-state index in [1.54, 1.807) is 4.90 Å². The fraction of sp³-hybridized carbons (Fsp3) is 0.429. The van der Waals surface area contributed by atoms with Crippen LogP contribution in [0.25, 0.3) is 0 Å². The van der Waals surface area contributed by atoms with Gasteiger partial charge in [0, 0.05) is 0 Å². The number of carbonyl (C=O) groups is 2. The zero-order valence-corrected chi connectivity index (χ0v) is 11.4. The van der Waals surface area contributed by atoms with Crippen molar-refractivity contribution >= 4 is 11.7 Å². The Bertz CT molecular complexity index is 492. The zero-order chi connectivity index (χ0) is 15.1. The lowest BCUT2D eigenvalue weighted by Crippen LogP contribution is -2.38. The molecular weight excluding hydrogens is 266 g/mol. The first-order chi connectivity index (χ1) is 9.43. The van der Waals surface area contributed by atoms with Gasteiger partial charge in [0.2, 0.25) is 5.91 Å². The quantitative estimate of drug-likeness (QED) is 0.739. The Morgan fingerprint density at radius 2 is 1.95 bits per heavy atom. The SMILES string of the molecule is CCCCN(CC(N)=O)CC(=O)c1cc(F)ccc1F. The van der Waals surface area contributed by atoms with E-state index in [1.165, 1.54) is 0 Å². The summed E-state index contributed by atoms with van der Waals surface area (Å²) in [5.41, 5.74) is 4.80. The molecule has 0 bridgehead atoms. The number of nitrogens with zero attached hydrogens (tertiary/aromatic N) is 1. The number of Topliss-reactive ketones (excluding diaryl/α,β-unsaturated/α-hetero) is 1. The summed E-state index contributed by atoms with van der Waals surface area (Å²) in [5.74, 6) is -2.58. The van der Waals surface area contributed by atoms with E-state index in [1.807, 2.05) is 6.92 Å². The maximum absolute atomic E-state index is 13.5. The van der Waals surface area contributed by atoms with Crippen LogP contribution in [0.4, 0.5) is 8.78 Å². The summed E-state index contributed by atoms with van der Waals surface area (Å²) in [4.78, 5) is 24.5.